The Labute approximate surface area is 193 Å². The lowest BCUT2D eigenvalue weighted by Gasteiger charge is -2.31. The first-order valence-electron chi connectivity index (χ1n) is 11.0. The van der Waals surface area contributed by atoms with Crippen molar-refractivity contribution in [3.8, 4) is 5.75 Å². The summed E-state index contributed by atoms with van der Waals surface area (Å²) in [7, 11) is 2.04. The van der Waals surface area contributed by atoms with Gasteiger partial charge in [0.25, 0.3) is 0 Å². The summed E-state index contributed by atoms with van der Waals surface area (Å²) in [5.41, 5.74) is 1.05. The Morgan fingerprint density at radius 2 is 1.72 bits per heavy atom. The van der Waals surface area contributed by atoms with E-state index in [0.29, 0.717) is 37.0 Å². The Morgan fingerprint density at radius 1 is 1.06 bits per heavy atom. The predicted molar refractivity (Wildman–Crippen MR) is 126 cm³/mol. The molecule has 0 N–H and O–H groups in total. The van der Waals surface area contributed by atoms with Gasteiger partial charge in [-0.15, -0.1) is 11.6 Å². The van der Waals surface area contributed by atoms with Crippen LogP contribution < -0.4 is 9.64 Å². The Kier molecular flexibility index (Phi) is 6.23. The summed E-state index contributed by atoms with van der Waals surface area (Å²) in [4.78, 5) is 31.4. The standard InChI is InChI=1S/C24H30ClN3O4/c1-24(2,3)32-23(30)28-15-16(14-25)21-18-8-6-5-7-17(18)20(13-19(21)28)31-22(29)27-11-9-26(4)10-12-27/h5-8,13,16H,9-12,14-15H2,1-4H3/t16-/m1/s1. The molecular formula is C24H30ClN3O4. The number of likely N-dealkylation sites (N-methyl/N-ethyl adjacent to an activating group) is 1. The third kappa shape index (κ3) is 4.50. The van der Waals surface area contributed by atoms with Gasteiger partial charge in [-0.25, -0.2) is 9.59 Å². The van der Waals surface area contributed by atoms with Crippen LogP contribution in [-0.2, 0) is 4.74 Å². The smallest absolute Gasteiger partial charge is 0.415 e. The van der Waals surface area contributed by atoms with Gasteiger partial charge in [0.1, 0.15) is 11.4 Å². The molecule has 2 amide bonds. The Balaban J connectivity index is 1.73. The molecule has 4 rings (SSSR count). The number of benzene rings is 2. The van der Waals surface area contributed by atoms with Crippen molar-refractivity contribution in [3.05, 3.63) is 35.9 Å². The molecular weight excluding hydrogens is 430 g/mol. The lowest BCUT2D eigenvalue weighted by Crippen LogP contribution is -2.48. The summed E-state index contributed by atoms with van der Waals surface area (Å²) >= 11 is 6.30. The van der Waals surface area contributed by atoms with Gasteiger partial charge in [-0.1, -0.05) is 24.3 Å². The second-order valence-corrected chi connectivity index (χ2v) is 9.76. The number of hydrogen-bond donors (Lipinski definition) is 0. The molecule has 0 aromatic heterocycles. The third-order valence-corrected chi connectivity index (χ3v) is 6.26. The molecule has 0 bridgehead atoms. The van der Waals surface area contributed by atoms with E-state index < -0.39 is 11.7 Å². The number of anilines is 1. The largest absolute Gasteiger partial charge is 0.443 e. The molecule has 0 unspecified atom stereocenters. The number of fused-ring (bicyclic) bond motifs is 3. The van der Waals surface area contributed by atoms with E-state index in [1.54, 1.807) is 15.9 Å². The first-order valence-corrected chi connectivity index (χ1v) is 11.5. The first kappa shape index (κ1) is 22.7. The second kappa shape index (κ2) is 8.79. The minimum absolute atomic E-state index is 0.0357. The van der Waals surface area contributed by atoms with Gasteiger partial charge in [-0.3, -0.25) is 4.90 Å². The minimum Gasteiger partial charge on any atom is -0.443 e. The number of amides is 2. The summed E-state index contributed by atoms with van der Waals surface area (Å²) in [5, 5.41) is 1.76. The normalized spacial score (nSPS) is 19.2. The highest BCUT2D eigenvalue weighted by molar-refractivity contribution is 6.19. The number of carbonyl (C=O) groups is 2. The molecule has 2 heterocycles. The lowest BCUT2D eigenvalue weighted by atomic mass is 9.95. The number of nitrogens with zero attached hydrogens (tertiary/aromatic N) is 3. The van der Waals surface area contributed by atoms with Gasteiger partial charge in [0.15, 0.2) is 0 Å². The molecule has 7 nitrogen and oxygen atoms in total. The predicted octanol–water partition coefficient (Wildman–Crippen LogP) is 4.66. The maximum Gasteiger partial charge on any atom is 0.415 e. The Hall–Kier alpha value is -2.51. The molecule has 8 heteroatoms. The summed E-state index contributed by atoms with van der Waals surface area (Å²) in [5.74, 6) is 0.773. The van der Waals surface area contributed by atoms with Crippen LogP contribution in [-0.4, -0.2) is 73.2 Å². The molecule has 32 heavy (non-hydrogen) atoms. The number of ether oxygens (including phenoxy) is 2. The fourth-order valence-corrected chi connectivity index (χ4v) is 4.51. The van der Waals surface area contributed by atoms with Gasteiger partial charge in [0.05, 0.1) is 5.69 Å². The van der Waals surface area contributed by atoms with Crippen LogP contribution >= 0.6 is 11.6 Å². The fraction of sp³-hybridized carbons (Fsp3) is 0.500. The number of piperazine rings is 1. The zero-order chi connectivity index (χ0) is 23.0. The topological polar surface area (TPSA) is 62.3 Å². The molecule has 2 aliphatic heterocycles. The molecule has 0 aliphatic carbocycles. The second-order valence-electron chi connectivity index (χ2n) is 9.45. The van der Waals surface area contributed by atoms with E-state index in [1.165, 1.54) is 0 Å². The Bertz CT molecular complexity index is 1030. The number of rotatable bonds is 2. The van der Waals surface area contributed by atoms with Gasteiger partial charge in [-0.2, -0.15) is 0 Å². The quantitative estimate of drug-likeness (QED) is 0.611. The van der Waals surface area contributed by atoms with Crippen LogP contribution in [0.1, 0.15) is 32.3 Å². The van der Waals surface area contributed by atoms with Crippen LogP contribution in [0.25, 0.3) is 10.8 Å². The van der Waals surface area contributed by atoms with Crippen LogP contribution in [0.5, 0.6) is 5.75 Å². The number of hydrogen-bond acceptors (Lipinski definition) is 5. The van der Waals surface area contributed by atoms with Crippen molar-refractivity contribution >= 4 is 40.2 Å². The fourth-order valence-electron chi connectivity index (χ4n) is 4.26. The number of carbonyl (C=O) groups excluding carboxylic acids is 2. The monoisotopic (exact) mass is 459 g/mol. The summed E-state index contributed by atoms with van der Waals surface area (Å²) in [6, 6.07) is 9.56. The lowest BCUT2D eigenvalue weighted by molar-refractivity contribution is 0.0582. The Morgan fingerprint density at radius 3 is 2.34 bits per heavy atom. The van der Waals surface area contributed by atoms with Crippen molar-refractivity contribution in [1.82, 2.24) is 9.80 Å². The van der Waals surface area contributed by atoms with E-state index in [0.717, 1.165) is 29.4 Å². The molecule has 1 saturated heterocycles. The molecule has 0 saturated carbocycles. The van der Waals surface area contributed by atoms with Crippen LogP contribution in [0.2, 0.25) is 0 Å². The van der Waals surface area contributed by atoms with Gasteiger partial charge < -0.3 is 19.3 Å². The van der Waals surface area contributed by atoms with Gasteiger partial charge >= 0.3 is 12.2 Å². The molecule has 1 fully saturated rings. The van der Waals surface area contributed by atoms with Gasteiger partial charge in [-0.05, 0) is 38.8 Å². The molecule has 1 atom stereocenters. The molecule has 0 spiro atoms. The van der Waals surface area contributed by atoms with Crippen LogP contribution in [0.4, 0.5) is 15.3 Å². The van der Waals surface area contributed by atoms with Crippen LogP contribution in [0, 0.1) is 0 Å². The average Bonchev–Trinajstić information content (AvgIpc) is 3.12. The van der Waals surface area contributed by atoms with Crippen molar-refractivity contribution < 1.29 is 19.1 Å². The van der Waals surface area contributed by atoms with Gasteiger partial charge in [0, 0.05) is 56.0 Å². The van der Waals surface area contributed by atoms with Crippen LogP contribution in [0.3, 0.4) is 0 Å². The van der Waals surface area contributed by atoms with Crippen molar-refractivity contribution in [2.45, 2.75) is 32.3 Å². The average molecular weight is 460 g/mol. The highest BCUT2D eigenvalue weighted by atomic mass is 35.5. The summed E-state index contributed by atoms with van der Waals surface area (Å²) in [6.07, 6.45) is -0.808. The van der Waals surface area contributed by atoms with E-state index in [1.807, 2.05) is 52.1 Å². The molecule has 2 aromatic carbocycles. The maximum absolute atomic E-state index is 13.0. The highest BCUT2D eigenvalue weighted by Gasteiger charge is 2.37. The zero-order valence-corrected chi connectivity index (χ0v) is 19.8. The molecule has 2 aromatic rings. The molecule has 2 aliphatic rings. The summed E-state index contributed by atoms with van der Waals surface area (Å²) in [6.45, 7) is 8.80. The van der Waals surface area contributed by atoms with E-state index in [4.69, 9.17) is 21.1 Å². The zero-order valence-electron chi connectivity index (χ0n) is 19.1. The summed E-state index contributed by atoms with van der Waals surface area (Å²) < 4.78 is 11.5. The third-order valence-electron chi connectivity index (χ3n) is 5.89. The van der Waals surface area contributed by atoms with E-state index in [9.17, 15) is 9.59 Å². The minimum atomic E-state index is -0.621. The van der Waals surface area contributed by atoms with Crippen LogP contribution in [0.15, 0.2) is 30.3 Å². The van der Waals surface area contributed by atoms with Crippen molar-refractivity contribution in [2.75, 3.05) is 50.6 Å². The molecule has 0 radical (unpaired) electrons. The van der Waals surface area contributed by atoms with Gasteiger partial charge in [0.2, 0.25) is 0 Å². The van der Waals surface area contributed by atoms with Crippen molar-refractivity contribution in [2.24, 2.45) is 0 Å². The highest BCUT2D eigenvalue weighted by Crippen LogP contribution is 2.46. The maximum atomic E-state index is 13.0. The first-order chi connectivity index (χ1) is 15.2. The number of alkyl halides is 1. The van der Waals surface area contributed by atoms with Crippen molar-refractivity contribution in [1.29, 1.82) is 0 Å². The van der Waals surface area contributed by atoms with E-state index >= 15 is 0 Å². The SMILES string of the molecule is CN1CCN(C(=O)Oc2cc3c(c4ccccc24)[C@H](CCl)CN3C(=O)OC(C)(C)C)CC1. The number of halogens is 1. The van der Waals surface area contributed by atoms with E-state index in [2.05, 4.69) is 4.90 Å². The van der Waals surface area contributed by atoms with Crippen molar-refractivity contribution in [3.63, 3.8) is 0 Å². The molecule has 172 valence electrons. The van der Waals surface area contributed by atoms with E-state index in [-0.39, 0.29) is 12.0 Å².